The second-order valence-corrected chi connectivity index (χ2v) is 7.97. The zero-order chi connectivity index (χ0) is 20.4. The van der Waals surface area contributed by atoms with Crippen LogP contribution in [0.4, 0.5) is 0 Å². The maximum atomic E-state index is 13.1. The molecule has 3 aromatic rings. The van der Waals surface area contributed by atoms with Crippen LogP contribution in [-0.4, -0.2) is 28.9 Å². The summed E-state index contributed by atoms with van der Waals surface area (Å²) in [5.41, 5.74) is 2.94. The molecule has 0 N–H and O–H groups in total. The van der Waals surface area contributed by atoms with Crippen LogP contribution in [0, 0.1) is 0 Å². The van der Waals surface area contributed by atoms with E-state index < -0.39 is 6.10 Å². The average molecular weight is 427 g/mol. The van der Waals surface area contributed by atoms with Gasteiger partial charge >= 0.3 is 0 Å². The monoisotopic (exact) mass is 426 g/mol. The molecule has 1 amide bonds. The van der Waals surface area contributed by atoms with Crippen LogP contribution in [0.3, 0.4) is 0 Å². The molecule has 1 aromatic heterocycles. The lowest BCUT2D eigenvalue weighted by atomic mass is 9.91. The molecule has 6 heteroatoms. The van der Waals surface area contributed by atoms with Gasteiger partial charge in [0.05, 0.1) is 6.04 Å². The van der Waals surface area contributed by atoms with Gasteiger partial charge < -0.3 is 9.64 Å². The number of carbonyl (C=O) groups excluding carboxylic acids is 1. The van der Waals surface area contributed by atoms with Crippen molar-refractivity contribution in [1.82, 2.24) is 9.88 Å². The lowest BCUT2D eigenvalue weighted by Gasteiger charge is -2.43. The minimum Gasteiger partial charge on any atom is -0.358 e. The zero-order valence-electron chi connectivity index (χ0n) is 15.8. The van der Waals surface area contributed by atoms with Crippen molar-refractivity contribution in [3.8, 4) is 0 Å². The summed E-state index contributed by atoms with van der Waals surface area (Å²) in [6, 6.07) is 18.6. The molecule has 1 aliphatic rings. The van der Waals surface area contributed by atoms with E-state index >= 15 is 0 Å². The number of nitrogens with zero attached hydrogens (tertiary/aromatic N) is 2. The van der Waals surface area contributed by atoms with E-state index in [1.54, 1.807) is 17.3 Å². The molecule has 3 atom stereocenters. The van der Waals surface area contributed by atoms with E-state index in [1.165, 1.54) is 0 Å². The number of hydrogen-bond acceptors (Lipinski definition) is 3. The molecule has 2 aromatic carbocycles. The van der Waals surface area contributed by atoms with Crippen molar-refractivity contribution in [1.29, 1.82) is 0 Å². The van der Waals surface area contributed by atoms with Crippen molar-refractivity contribution in [2.75, 3.05) is 7.05 Å². The van der Waals surface area contributed by atoms with Gasteiger partial charge in [-0.1, -0.05) is 47.5 Å². The summed E-state index contributed by atoms with van der Waals surface area (Å²) in [6.45, 7) is 0. The maximum absolute atomic E-state index is 13.1. The Morgan fingerprint density at radius 3 is 2.03 bits per heavy atom. The lowest BCUT2D eigenvalue weighted by molar-refractivity contribution is -0.171. The van der Waals surface area contributed by atoms with Crippen molar-refractivity contribution in [3.05, 3.63) is 99.8 Å². The Balaban J connectivity index is 1.71. The summed E-state index contributed by atoms with van der Waals surface area (Å²) in [5, 5.41) is 1.31. The highest BCUT2D eigenvalue weighted by Gasteiger charge is 2.42. The Hall–Kier alpha value is -2.40. The molecule has 1 fully saturated rings. The number of aromatic nitrogens is 1. The number of likely N-dealkylation sites (N-methyl/N-ethyl adjacent to an activating group) is 1. The van der Waals surface area contributed by atoms with Crippen LogP contribution in [0.5, 0.6) is 0 Å². The number of benzene rings is 2. The highest BCUT2D eigenvalue weighted by Crippen LogP contribution is 2.42. The Bertz CT molecular complexity index is 978. The summed E-state index contributed by atoms with van der Waals surface area (Å²) in [5.74, 6) is -0.0491. The lowest BCUT2D eigenvalue weighted by Crippen LogP contribution is -2.49. The predicted molar refractivity (Wildman–Crippen MR) is 114 cm³/mol. The number of amides is 1. The first-order valence-corrected chi connectivity index (χ1v) is 10.1. The van der Waals surface area contributed by atoms with Crippen LogP contribution in [0.25, 0.3) is 0 Å². The molecule has 0 bridgehead atoms. The summed E-state index contributed by atoms with van der Waals surface area (Å²) in [6.07, 6.45) is 3.02. The van der Waals surface area contributed by atoms with E-state index in [0.29, 0.717) is 16.5 Å². The Labute approximate surface area is 180 Å². The number of hydrogen-bond donors (Lipinski definition) is 0. The SMILES string of the molecule is CN1C(=O)[C@@H](Cc2ccncc2)O[C@H](c2ccc(Cl)cc2)[C@@H]1c1ccc(Cl)cc1. The number of halogens is 2. The van der Waals surface area contributed by atoms with Gasteiger partial charge in [-0.15, -0.1) is 0 Å². The molecular weight excluding hydrogens is 407 g/mol. The second kappa shape index (κ2) is 8.54. The third kappa shape index (κ3) is 4.30. The predicted octanol–water partition coefficient (Wildman–Crippen LogP) is 5.27. The first-order valence-electron chi connectivity index (χ1n) is 9.35. The molecule has 0 unspecified atom stereocenters. The van der Waals surface area contributed by atoms with Crippen LogP contribution in [-0.2, 0) is 16.0 Å². The largest absolute Gasteiger partial charge is 0.358 e. The molecular formula is C23H20Cl2N2O2. The van der Waals surface area contributed by atoms with Gasteiger partial charge in [-0.2, -0.15) is 0 Å². The average Bonchev–Trinajstić information content (AvgIpc) is 2.74. The van der Waals surface area contributed by atoms with Crippen molar-refractivity contribution in [2.24, 2.45) is 0 Å². The van der Waals surface area contributed by atoms with Crippen molar-refractivity contribution >= 4 is 29.1 Å². The summed E-state index contributed by atoms with van der Waals surface area (Å²) >= 11 is 12.2. The first kappa shape index (κ1) is 19.9. The van der Waals surface area contributed by atoms with Gasteiger partial charge in [0.15, 0.2) is 0 Å². The number of rotatable bonds is 4. The topological polar surface area (TPSA) is 42.4 Å². The third-order valence-corrected chi connectivity index (χ3v) is 5.72. The highest BCUT2D eigenvalue weighted by atomic mass is 35.5. The molecule has 0 aliphatic carbocycles. The summed E-state index contributed by atoms with van der Waals surface area (Å²) in [7, 11) is 1.83. The quantitative estimate of drug-likeness (QED) is 0.570. The van der Waals surface area contributed by atoms with Crippen LogP contribution >= 0.6 is 23.2 Å². The van der Waals surface area contributed by atoms with E-state index in [2.05, 4.69) is 4.98 Å². The molecule has 29 heavy (non-hydrogen) atoms. The smallest absolute Gasteiger partial charge is 0.252 e. The number of ether oxygens (including phenoxy) is 1. The highest BCUT2D eigenvalue weighted by molar-refractivity contribution is 6.30. The second-order valence-electron chi connectivity index (χ2n) is 7.10. The molecule has 0 spiro atoms. The molecule has 1 aliphatic heterocycles. The molecule has 1 saturated heterocycles. The zero-order valence-corrected chi connectivity index (χ0v) is 17.3. The van der Waals surface area contributed by atoms with Gasteiger partial charge in [0.2, 0.25) is 0 Å². The molecule has 2 heterocycles. The van der Waals surface area contributed by atoms with Crippen LogP contribution in [0.2, 0.25) is 10.0 Å². The number of carbonyl (C=O) groups is 1. The van der Waals surface area contributed by atoms with Crippen LogP contribution < -0.4 is 0 Å². The van der Waals surface area contributed by atoms with Crippen LogP contribution in [0.1, 0.15) is 28.8 Å². The Morgan fingerprint density at radius 2 is 1.45 bits per heavy atom. The fourth-order valence-corrected chi connectivity index (χ4v) is 3.97. The minimum absolute atomic E-state index is 0.0491. The van der Waals surface area contributed by atoms with Crippen molar-refractivity contribution < 1.29 is 9.53 Å². The van der Waals surface area contributed by atoms with Gasteiger partial charge in [0.25, 0.3) is 5.91 Å². The number of pyridine rings is 1. The Kier molecular flexibility index (Phi) is 5.86. The fourth-order valence-electron chi connectivity index (χ4n) is 3.72. The molecule has 148 valence electrons. The first-order chi connectivity index (χ1) is 14.0. The van der Waals surface area contributed by atoms with Gasteiger partial charge in [0, 0.05) is 35.9 Å². The van der Waals surface area contributed by atoms with E-state index in [-0.39, 0.29) is 18.1 Å². The third-order valence-electron chi connectivity index (χ3n) is 5.22. The Morgan fingerprint density at radius 1 is 0.897 bits per heavy atom. The van der Waals surface area contributed by atoms with Crippen molar-refractivity contribution in [3.63, 3.8) is 0 Å². The normalized spacial score (nSPS) is 22.0. The fraction of sp³-hybridized carbons (Fsp3) is 0.217. The van der Waals surface area contributed by atoms with E-state index in [9.17, 15) is 4.79 Å². The molecule has 4 nitrogen and oxygen atoms in total. The van der Waals surface area contributed by atoms with Gasteiger partial charge in [0.1, 0.15) is 12.2 Å². The van der Waals surface area contributed by atoms with Crippen LogP contribution in [0.15, 0.2) is 73.1 Å². The van der Waals surface area contributed by atoms with Gasteiger partial charge in [-0.25, -0.2) is 0 Å². The summed E-state index contributed by atoms with van der Waals surface area (Å²) in [4.78, 5) is 19.0. The summed E-state index contributed by atoms with van der Waals surface area (Å²) < 4.78 is 6.41. The molecule has 4 rings (SSSR count). The standard InChI is InChI=1S/C23H20Cl2N2O2/c1-27-21(16-2-6-18(24)7-3-16)22(17-4-8-19(25)9-5-17)29-20(23(27)28)14-15-10-12-26-13-11-15/h2-13,20-22H,14H2,1H3/t20-,21+,22-/m1/s1. The maximum Gasteiger partial charge on any atom is 0.252 e. The van der Waals surface area contributed by atoms with E-state index in [1.807, 2.05) is 67.7 Å². The molecule has 0 radical (unpaired) electrons. The van der Waals surface area contributed by atoms with Gasteiger partial charge in [-0.05, 0) is 53.1 Å². The van der Waals surface area contributed by atoms with Crippen molar-refractivity contribution in [2.45, 2.75) is 24.7 Å². The number of morpholine rings is 1. The minimum atomic E-state index is -0.577. The van der Waals surface area contributed by atoms with E-state index in [4.69, 9.17) is 27.9 Å². The van der Waals surface area contributed by atoms with E-state index in [0.717, 1.165) is 16.7 Å². The molecule has 0 saturated carbocycles. The van der Waals surface area contributed by atoms with Gasteiger partial charge in [-0.3, -0.25) is 9.78 Å².